The summed E-state index contributed by atoms with van der Waals surface area (Å²) in [5, 5.41) is 18.0. The van der Waals surface area contributed by atoms with E-state index in [-0.39, 0.29) is 21.8 Å². The number of carboxylic acid groups (broad SMARTS) is 2. The minimum atomic E-state index is -4.44. The van der Waals surface area contributed by atoms with Gasteiger partial charge in [0.15, 0.2) is 0 Å². The maximum atomic E-state index is 11.9. The highest BCUT2D eigenvalue weighted by molar-refractivity contribution is 8.14. The van der Waals surface area contributed by atoms with E-state index in [1.165, 1.54) is 0 Å². The molecule has 146 valence electrons. The third-order valence-electron chi connectivity index (χ3n) is 3.65. The number of hydrogen-bond acceptors (Lipinski definition) is 8. The fourth-order valence-electron chi connectivity index (χ4n) is 2.54. The number of aromatic carboxylic acids is 2. The summed E-state index contributed by atoms with van der Waals surface area (Å²) in [4.78, 5) is 29.0. The topological polar surface area (TPSA) is 169 Å². The molecular weight excluding hydrogens is 459 g/mol. The van der Waals surface area contributed by atoms with Crippen LogP contribution in [0, 0.1) is 0 Å². The molecule has 0 saturated heterocycles. The summed E-state index contributed by atoms with van der Waals surface area (Å²) >= 11 is 0. The molecule has 3 aromatic rings. The van der Waals surface area contributed by atoms with Crippen LogP contribution in [-0.4, -0.2) is 49.0 Å². The third-order valence-corrected chi connectivity index (χ3v) is 6.37. The molecule has 0 saturated carbocycles. The monoisotopic (exact) mass is 464 g/mol. The van der Waals surface area contributed by atoms with E-state index in [1.807, 2.05) is 0 Å². The summed E-state index contributed by atoms with van der Waals surface area (Å²) in [7, 11) is 1.86. The van der Waals surface area contributed by atoms with E-state index < -0.39 is 51.2 Å². The Morgan fingerprint density at radius 2 is 1.07 bits per heavy atom. The van der Waals surface area contributed by atoms with E-state index in [9.17, 15) is 36.6 Å². The minimum Gasteiger partial charge on any atom is -0.477 e. The van der Waals surface area contributed by atoms with Crippen molar-refractivity contribution in [1.82, 2.24) is 9.97 Å². The minimum absolute atomic E-state index is 0.180. The van der Waals surface area contributed by atoms with Crippen molar-refractivity contribution in [3.63, 3.8) is 0 Å². The molecule has 2 heterocycles. The molecule has 0 atom stereocenters. The van der Waals surface area contributed by atoms with E-state index in [1.54, 1.807) is 0 Å². The molecule has 0 aliphatic rings. The number of hydrogen-bond donors (Lipinski definition) is 2. The van der Waals surface area contributed by atoms with Gasteiger partial charge < -0.3 is 10.2 Å². The fraction of sp³-hybridized carbons (Fsp3) is 0. The zero-order valence-electron chi connectivity index (χ0n) is 13.1. The lowest BCUT2D eigenvalue weighted by Crippen LogP contribution is -2.07. The highest BCUT2D eigenvalue weighted by atomic mass is 35.7. The molecule has 0 spiro atoms. The molecule has 2 N–H and O–H groups in total. The summed E-state index contributed by atoms with van der Waals surface area (Å²) in [6.07, 6.45) is 0. The number of nitrogens with zero attached hydrogens (tertiary/aromatic N) is 2. The number of carboxylic acids is 2. The molecule has 0 bridgehead atoms. The second-order valence-corrected chi connectivity index (χ2v) is 10.4. The Labute approximate surface area is 165 Å². The standard InChI is InChI=1S/C14H6Cl2N2O8S2/c15-27(23,24)9-3-7(13(19)20)17-11-5(9)1-2-6-10(28(16,25)26)4-8(14(21)22)18-12(6)11/h1-4H,(H,19,20)(H,21,22). The van der Waals surface area contributed by atoms with Crippen LogP contribution in [0.4, 0.5) is 0 Å². The Morgan fingerprint density at radius 3 is 1.32 bits per heavy atom. The number of benzene rings is 1. The predicted octanol–water partition coefficient (Wildman–Crippen LogP) is 2.03. The van der Waals surface area contributed by atoms with Crippen LogP contribution in [0.1, 0.15) is 21.0 Å². The van der Waals surface area contributed by atoms with Gasteiger partial charge in [0.1, 0.15) is 11.4 Å². The SMILES string of the molecule is O=C(O)c1cc(S(=O)(=O)Cl)c2ccc3c(S(=O)(=O)Cl)cc(C(=O)O)nc3c2n1. The molecule has 0 aliphatic heterocycles. The molecule has 14 heteroatoms. The molecule has 0 aliphatic carbocycles. The Bertz CT molecular complexity index is 1310. The number of pyridine rings is 2. The molecule has 0 radical (unpaired) electrons. The molecule has 0 fully saturated rings. The predicted molar refractivity (Wildman–Crippen MR) is 97.0 cm³/mol. The molecule has 0 amide bonds. The molecule has 10 nitrogen and oxygen atoms in total. The van der Waals surface area contributed by atoms with Crippen LogP contribution in [0.5, 0.6) is 0 Å². The second kappa shape index (κ2) is 6.51. The average molecular weight is 465 g/mol. The quantitative estimate of drug-likeness (QED) is 0.429. The van der Waals surface area contributed by atoms with Gasteiger partial charge >= 0.3 is 11.9 Å². The lowest BCUT2D eigenvalue weighted by molar-refractivity contribution is 0.0679. The Hall–Kier alpha value is -2.54. The van der Waals surface area contributed by atoms with Crippen molar-refractivity contribution in [2.24, 2.45) is 0 Å². The first kappa shape index (κ1) is 20.2. The Balaban J connectivity index is 2.68. The number of carbonyl (C=O) groups is 2. The van der Waals surface area contributed by atoms with Gasteiger partial charge in [-0.15, -0.1) is 0 Å². The van der Waals surface area contributed by atoms with Gasteiger partial charge in [0, 0.05) is 32.1 Å². The first-order chi connectivity index (χ1) is 12.8. The van der Waals surface area contributed by atoms with Gasteiger partial charge in [0.25, 0.3) is 18.1 Å². The zero-order chi connectivity index (χ0) is 21.0. The number of fused-ring (bicyclic) bond motifs is 3. The first-order valence-corrected chi connectivity index (χ1v) is 11.6. The van der Waals surface area contributed by atoms with Crippen molar-refractivity contribution in [2.75, 3.05) is 0 Å². The zero-order valence-corrected chi connectivity index (χ0v) is 16.3. The van der Waals surface area contributed by atoms with Crippen LogP contribution in [0.2, 0.25) is 0 Å². The average Bonchev–Trinajstić information content (AvgIpc) is 2.57. The maximum absolute atomic E-state index is 11.9. The summed E-state index contributed by atoms with van der Waals surface area (Å²) in [5.41, 5.74) is -2.20. The van der Waals surface area contributed by atoms with E-state index in [0.29, 0.717) is 0 Å². The van der Waals surface area contributed by atoms with Crippen molar-refractivity contribution >= 4 is 73.2 Å². The summed E-state index contributed by atoms with van der Waals surface area (Å²) in [5.74, 6) is -3.19. The molecule has 28 heavy (non-hydrogen) atoms. The van der Waals surface area contributed by atoms with Gasteiger partial charge in [-0.2, -0.15) is 0 Å². The van der Waals surface area contributed by atoms with Crippen molar-refractivity contribution in [3.8, 4) is 0 Å². The van der Waals surface area contributed by atoms with Crippen LogP contribution in [0.3, 0.4) is 0 Å². The van der Waals surface area contributed by atoms with Crippen LogP contribution < -0.4 is 0 Å². The van der Waals surface area contributed by atoms with Gasteiger partial charge in [0.05, 0.1) is 20.8 Å². The smallest absolute Gasteiger partial charge is 0.354 e. The van der Waals surface area contributed by atoms with Gasteiger partial charge in [-0.25, -0.2) is 36.4 Å². The van der Waals surface area contributed by atoms with Crippen molar-refractivity contribution in [2.45, 2.75) is 9.79 Å². The molecule has 0 unspecified atom stereocenters. The maximum Gasteiger partial charge on any atom is 0.354 e. The summed E-state index contributed by atoms with van der Waals surface area (Å²) in [6, 6.07) is 3.72. The number of aromatic nitrogens is 2. The first-order valence-electron chi connectivity index (χ1n) is 6.95. The van der Waals surface area contributed by atoms with E-state index in [0.717, 1.165) is 24.3 Å². The second-order valence-electron chi connectivity index (χ2n) is 5.36. The van der Waals surface area contributed by atoms with Crippen molar-refractivity contribution in [3.05, 3.63) is 35.7 Å². The molecule has 2 aromatic heterocycles. The van der Waals surface area contributed by atoms with Gasteiger partial charge in [-0.05, 0) is 12.1 Å². The van der Waals surface area contributed by atoms with E-state index >= 15 is 0 Å². The van der Waals surface area contributed by atoms with Gasteiger partial charge in [-0.1, -0.05) is 12.1 Å². The largest absolute Gasteiger partial charge is 0.477 e. The fourth-order valence-corrected chi connectivity index (χ4v) is 4.66. The summed E-state index contributed by atoms with van der Waals surface area (Å²) < 4.78 is 47.5. The van der Waals surface area contributed by atoms with E-state index in [2.05, 4.69) is 9.97 Å². The van der Waals surface area contributed by atoms with Crippen LogP contribution in [0.25, 0.3) is 21.8 Å². The highest BCUT2D eigenvalue weighted by Gasteiger charge is 2.25. The summed E-state index contributed by atoms with van der Waals surface area (Å²) in [6.45, 7) is 0. The normalized spacial score (nSPS) is 12.4. The van der Waals surface area contributed by atoms with Crippen molar-refractivity contribution < 1.29 is 36.6 Å². The third kappa shape index (κ3) is 3.46. The lowest BCUT2D eigenvalue weighted by atomic mass is 10.1. The van der Waals surface area contributed by atoms with E-state index in [4.69, 9.17) is 21.4 Å². The molecule has 1 aromatic carbocycles. The Kier molecular flexibility index (Phi) is 4.70. The Morgan fingerprint density at radius 1 is 0.750 bits per heavy atom. The van der Waals surface area contributed by atoms with Crippen molar-refractivity contribution in [1.29, 1.82) is 0 Å². The highest BCUT2D eigenvalue weighted by Crippen LogP contribution is 2.34. The molecular formula is C14H6Cl2N2O8S2. The van der Waals surface area contributed by atoms with Gasteiger partial charge in [0.2, 0.25) is 0 Å². The van der Waals surface area contributed by atoms with Gasteiger partial charge in [-0.3, -0.25) is 0 Å². The van der Waals surface area contributed by atoms with Crippen LogP contribution in [0.15, 0.2) is 34.1 Å². The number of rotatable bonds is 4. The van der Waals surface area contributed by atoms with Crippen LogP contribution >= 0.6 is 21.4 Å². The van der Waals surface area contributed by atoms with Crippen LogP contribution in [-0.2, 0) is 18.1 Å². The number of halogens is 2. The lowest BCUT2D eigenvalue weighted by Gasteiger charge is -2.10. The molecule has 3 rings (SSSR count).